The van der Waals surface area contributed by atoms with Crippen molar-refractivity contribution in [1.82, 2.24) is 0 Å². The third-order valence-electron chi connectivity index (χ3n) is 3.64. The van der Waals surface area contributed by atoms with Crippen LogP contribution in [-0.4, -0.2) is 19.4 Å². The van der Waals surface area contributed by atoms with Crippen LogP contribution in [0.4, 0.5) is 0 Å². The Labute approximate surface area is 116 Å². The van der Waals surface area contributed by atoms with E-state index in [1.807, 2.05) is 0 Å². The molecule has 1 atom stereocenters. The fourth-order valence-electron chi connectivity index (χ4n) is 2.11. The molecular weight excluding hydrogens is 238 g/mol. The largest absolute Gasteiger partial charge is 0.467 e. The molecule has 106 valence electrons. The Bertz CT molecular complexity index is 402. The molecule has 1 aliphatic rings. The SMILES string of the molecule is CCC(N)Cc1cccc(C)c1OCOCC1CC1. The maximum Gasteiger partial charge on any atom is 0.189 e. The van der Waals surface area contributed by atoms with Crippen LogP contribution in [0.5, 0.6) is 5.75 Å². The fraction of sp³-hybridized carbons (Fsp3) is 0.625. The van der Waals surface area contributed by atoms with Crippen molar-refractivity contribution in [3.05, 3.63) is 29.3 Å². The smallest absolute Gasteiger partial charge is 0.189 e. The monoisotopic (exact) mass is 263 g/mol. The topological polar surface area (TPSA) is 44.5 Å². The zero-order valence-corrected chi connectivity index (χ0v) is 12.0. The average Bonchev–Trinajstić information content (AvgIpc) is 3.21. The predicted octanol–water partition coefficient (Wildman–Crippen LogP) is 3.04. The van der Waals surface area contributed by atoms with Gasteiger partial charge < -0.3 is 15.2 Å². The maximum absolute atomic E-state index is 6.04. The minimum atomic E-state index is 0.191. The summed E-state index contributed by atoms with van der Waals surface area (Å²) in [6, 6.07) is 6.41. The zero-order valence-electron chi connectivity index (χ0n) is 12.0. The Morgan fingerprint density at radius 3 is 2.84 bits per heavy atom. The summed E-state index contributed by atoms with van der Waals surface area (Å²) in [6.07, 6.45) is 4.45. The van der Waals surface area contributed by atoms with Gasteiger partial charge in [-0.25, -0.2) is 0 Å². The molecule has 1 saturated carbocycles. The molecule has 0 radical (unpaired) electrons. The summed E-state index contributed by atoms with van der Waals surface area (Å²) in [6.45, 7) is 5.35. The highest BCUT2D eigenvalue weighted by atomic mass is 16.7. The standard InChI is InChI=1S/C16H25NO2/c1-3-15(17)9-14-6-4-5-12(2)16(14)19-11-18-10-13-7-8-13/h4-6,13,15H,3,7-11,17H2,1-2H3. The molecule has 19 heavy (non-hydrogen) atoms. The van der Waals surface area contributed by atoms with Gasteiger partial charge in [-0.05, 0) is 49.7 Å². The molecule has 0 bridgehead atoms. The van der Waals surface area contributed by atoms with Crippen LogP contribution < -0.4 is 10.5 Å². The number of hydrogen-bond acceptors (Lipinski definition) is 3. The van der Waals surface area contributed by atoms with Gasteiger partial charge in [-0.15, -0.1) is 0 Å². The molecule has 0 heterocycles. The van der Waals surface area contributed by atoms with Crippen molar-refractivity contribution < 1.29 is 9.47 Å². The van der Waals surface area contributed by atoms with Gasteiger partial charge in [0, 0.05) is 6.04 Å². The van der Waals surface area contributed by atoms with Gasteiger partial charge in [0.1, 0.15) is 5.75 Å². The van der Waals surface area contributed by atoms with Gasteiger partial charge in [0.2, 0.25) is 0 Å². The number of aryl methyl sites for hydroxylation is 1. The summed E-state index contributed by atoms with van der Waals surface area (Å²) in [4.78, 5) is 0. The third kappa shape index (κ3) is 4.51. The van der Waals surface area contributed by atoms with Gasteiger partial charge in [0.05, 0.1) is 6.61 Å². The van der Waals surface area contributed by atoms with Crippen LogP contribution in [0.1, 0.15) is 37.3 Å². The fourth-order valence-corrected chi connectivity index (χ4v) is 2.11. The molecule has 1 aliphatic carbocycles. The molecule has 2 rings (SSSR count). The van der Waals surface area contributed by atoms with E-state index >= 15 is 0 Å². The Kier molecular flexibility index (Phi) is 5.23. The first kappa shape index (κ1) is 14.4. The van der Waals surface area contributed by atoms with Gasteiger partial charge in [0.15, 0.2) is 6.79 Å². The highest BCUT2D eigenvalue weighted by Crippen LogP contribution is 2.29. The Hall–Kier alpha value is -1.06. The van der Waals surface area contributed by atoms with Crippen molar-refractivity contribution in [2.75, 3.05) is 13.4 Å². The quantitative estimate of drug-likeness (QED) is 0.579. The minimum Gasteiger partial charge on any atom is -0.467 e. The van der Waals surface area contributed by atoms with Crippen molar-refractivity contribution in [2.45, 2.75) is 45.6 Å². The van der Waals surface area contributed by atoms with Crippen LogP contribution in [-0.2, 0) is 11.2 Å². The summed E-state index contributed by atoms with van der Waals surface area (Å²) in [5.74, 6) is 1.72. The Morgan fingerprint density at radius 1 is 1.37 bits per heavy atom. The van der Waals surface area contributed by atoms with E-state index in [4.69, 9.17) is 15.2 Å². The molecule has 0 aromatic heterocycles. The lowest BCUT2D eigenvalue weighted by molar-refractivity contribution is 0.00905. The van der Waals surface area contributed by atoms with E-state index < -0.39 is 0 Å². The van der Waals surface area contributed by atoms with E-state index in [0.29, 0.717) is 6.79 Å². The van der Waals surface area contributed by atoms with Gasteiger partial charge in [-0.1, -0.05) is 25.1 Å². The van der Waals surface area contributed by atoms with Crippen molar-refractivity contribution in [3.63, 3.8) is 0 Å². The first-order valence-electron chi connectivity index (χ1n) is 7.25. The van der Waals surface area contributed by atoms with Crippen molar-refractivity contribution in [3.8, 4) is 5.75 Å². The van der Waals surface area contributed by atoms with Gasteiger partial charge in [-0.3, -0.25) is 0 Å². The molecule has 1 unspecified atom stereocenters. The molecule has 0 spiro atoms. The van der Waals surface area contributed by atoms with E-state index in [2.05, 4.69) is 32.0 Å². The summed E-state index contributed by atoms with van der Waals surface area (Å²) >= 11 is 0. The lowest BCUT2D eigenvalue weighted by Crippen LogP contribution is -2.22. The van der Waals surface area contributed by atoms with Crippen LogP contribution in [0.25, 0.3) is 0 Å². The number of para-hydroxylation sites is 1. The lowest BCUT2D eigenvalue weighted by Gasteiger charge is -2.16. The van der Waals surface area contributed by atoms with Crippen LogP contribution >= 0.6 is 0 Å². The van der Waals surface area contributed by atoms with Crippen LogP contribution in [0, 0.1) is 12.8 Å². The molecule has 0 saturated heterocycles. The summed E-state index contributed by atoms with van der Waals surface area (Å²) in [7, 11) is 0. The van der Waals surface area contributed by atoms with Crippen LogP contribution in [0.2, 0.25) is 0 Å². The van der Waals surface area contributed by atoms with Gasteiger partial charge in [0.25, 0.3) is 0 Å². The highest BCUT2D eigenvalue weighted by Gasteiger charge is 2.21. The summed E-state index contributed by atoms with van der Waals surface area (Å²) < 4.78 is 11.4. The summed E-state index contributed by atoms with van der Waals surface area (Å²) in [5, 5.41) is 0. The highest BCUT2D eigenvalue weighted by molar-refractivity contribution is 5.41. The Balaban J connectivity index is 1.91. The molecule has 1 aromatic rings. The molecule has 3 nitrogen and oxygen atoms in total. The second-order valence-electron chi connectivity index (χ2n) is 5.51. The van der Waals surface area contributed by atoms with Crippen molar-refractivity contribution in [1.29, 1.82) is 0 Å². The van der Waals surface area contributed by atoms with E-state index in [9.17, 15) is 0 Å². The molecule has 0 amide bonds. The molecular formula is C16H25NO2. The first-order chi connectivity index (χ1) is 9.20. The number of nitrogens with two attached hydrogens (primary N) is 1. The van der Waals surface area contributed by atoms with Crippen molar-refractivity contribution in [2.24, 2.45) is 11.7 Å². The second kappa shape index (κ2) is 6.92. The van der Waals surface area contributed by atoms with E-state index in [0.717, 1.165) is 36.7 Å². The Morgan fingerprint density at radius 2 is 2.16 bits per heavy atom. The number of rotatable bonds is 8. The van der Waals surface area contributed by atoms with E-state index in [1.165, 1.54) is 18.4 Å². The predicted molar refractivity (Wildman–Crippen MR) is 77.3 cm³/mol. The molecule has 3 heteroatoms. The summed E-state index contributed by atoms with van der Waals surface area (Å²) in [5.41, 5.74) is 8.37. The van der Waals surface area contributed by atoms with Crippen LogP contribution in [0.15, 0.2) is 18.2 Å². The minimum absolute atomic E-state index is 0.191. The van der Waals surface area contributed by atoms with E-state index in [-0.39, 0.29) is 6.04 Å². The average molecular weight is 263 g/mol. The lowest BCUT2D eigenvalue weighted by atomic mass is 10.0. The van der Waals surface area contributed by atoms with Crippen LogP contribution in [0.3, 0.4) is 0 Å². The zero-order chi connectivity index (χ0) is 13.7. The van der Waals surface area contributed by atoms with Gasteiger partial charge in [-0.2, -0.15) is 0 Å². The number of benzene rings is 1. The van der Waals surface area contributed by atoms with Gasteiger partial charge >= 0.3 is 0 Å². The molecule has 2 N–H and O–H groups in total. The van der Waals surface area contributed by atoms with E-state index in [1.54, 1.807) is 0 Å². The molecule has 0 aliphatic heterocycles. The number of ether oxygens (including phenoxy) is 2. The maximum atomic E-state index is 6.04. The van der Waals surface area contributed by atoms with Crippen molar-refractivity contribution >= 4 is 0 Å². The second-order valence-corrected chi connectivity index (χ2v) is 5.51. The molecule has 1 fully saturated rings. The number of hydrogen-bond donors (Lipinski definition) is 1. The third-order valence-corrected chi connectivity index (χ3v) is 3.64. The molecule has 1 aromatic carbocycles. The first-order valence-corrected chi connectivity index (χ1v) is 7.25. The normalized spacial score (nSPS) is 16.4.